The van der Waals surface area contributed by atoms with Gasteiger partial charge < -0.3 is 0 Å². The molecule has 0 spiro atoms. The Bertz CT molecular complexity index is 520. The fourth-order valence-electron chi connectivity index (χ4n) is 1.45. The van der Waals surface area contributed by atoms with Gasteiger partial charge in [0.05, 0.1) is 0 Å². The smallest absolute Gasteiger partial charge is 0.193 e. The molecule has 78 valence electrons. The van der Waals surface area contributed by atoms with Crippen LogP contribution in [-0.4, -0.2) is 17.1 Å². The van der Waals surface area contributed by atoms with Gasteiger partial charge in [-0.15, -0.1) is 0 Å². The SMILES string of the molecule is O=Cc1cnccc1C(=O)c1ccccc1. The van der Waals surface area contributed by atoms with E-state index >= 15 is 0 Å². The van der Waals surface area contributed by atoms with E-state index < -0.39 is 0 Å². The first-order valence-electron chi connectivity index (χ1n) is 4.82. The van der Waals surface area contributed by atoms with Crippen molar-refractivity contribution >= 4 is 12.1 Å². The van der Waals surface area contributed by atoms with Crippen LogP contribution in [0.3, 0.4) is 0 Å². The van der Waals surface area contributed by atoms with E-state index in [0.717, 1.165) is 0 Å². The zero-order valence-electron chi connectivity index (χ0n) is 8.46. The first kappa shape index (κ1) is 10.2. The molecule has 0 radical (unpaired) electrons. The molecule has 0 saturated heterocycles. The first-order valence-corrected chi connectivity index (χ1v) is 4.82. The zero-order chi connectivity index (χ0) is 11.4. The normalized spacial score (nSPS) is 9.75. The highest BCUT2D eigenvalue weighted by Gasteiger charge is 2.12. The summed E-state index contributed by atoms with van der Waals surface area (Å²) in [7, 11) is 0. The Morgan fingerprint density at radius 1 is 1.12 bits per heavy atom. The summed E-state index contributed by atoms with van der Waals surface area (Å²) in [5.41, 5.74) is 1.27. The molecule has 0 atom stereocenters. The second-order valence-electron chi connectivity index (χ2n) is 3.28. The topological polar surface area (TPSA) is 47.0 Å². The summed E-state index contributed by atoms with van der Waals surface area (Å²) in [6.45, 7) is 0. The molecule has 0 fully saturated rings. The maximum atomic E-state index is 12.0. The molecule has 1 heterocycles. The third kappa shape index (κ3) is 1.88. The summed E-state index contributed by atoms with van der Waals surface area (Å²) in [4.78, 5) is 26.6. The highest BCUT2D eigenvalue weighted by Crippen LogP contribution is 2.11. The van der Waals surface area contributed by atoms with E-state index in [1.165, 1.54) is 12.4 Å². The number of aromatic nitrogens is 1. The van der Waals surface area contributed by atoms with E-state index in [2.05, 4.69) is 4.98 Å². The number of rotatable bonds is 3. The standard InChI is InChI=1S/C13H9NO2/c15-9-11-8-14-7-6-12(11)13(16)10-4-2-1-3-5-10/h1-9H. The van der Waals surface area contributed by atoms with Crippen LogP contribution in [-0.2, 0) is 0 Å². The lowest BCUT2D eigenvalue weighted by Crippen LogP contribution is -2.05. The van der Waals surface area contributed by atoms with Crippen LogP contribution in [0.5, 0.6) is 0 Å². The Morgan fingerprint density at radius 2 is 1.88 bits per heavy atom. The van der Waals surface area contributed by atoms with Crippen molar-refractivity contribution in [2.24, 2.45) is 0 Å². The maximum Gasteiger partial charge on any atom is 0.193 e. The van der Waals surface area contributed by atoms with Gasteiger partial charge in [0.15, 0.2) is 12.1 Å². The molecule has 0 amide bonds. The van der Waals surface area contributed by atoms with Crippen molar-refractivity contribution < 1.29 is 9.59 Å². The molecule has 3 nitrogen and oxygen atoms in total. The number of hydrogen-bond donors (Lipinski definition) is 0. The number of pyridine rings is 1. The van der Waals surface area contributed by atoms with Crippen LogP contribution in [0.1, 0.15) is 26.3 Å². The predicted octanol–water partition coefficient (Wildman–Crippen LogP) is 2.13. The number of carbonyl (C=O) groups excluding carboxylic acids is 2. The van der Waals surface area contributed by atoms with Gasteiger partial charge in [0.25, 0.3) is 0 Å². The fourth-order valence-corrected chi connectivity index (χ4v) is 1.45. The Kier molecular flexibility index (Phi) is 2.87. The number of benzene rings is 1. The lowest BCUT2D eigenvalue weighted by Gasteiger charge is -2.02. The molecule has 0 N–H and O–H groups in total. The van der Waals surface area contributed by atoms with Crippen LogP contribution < -0.4 is 0 Å². The molecule has 0 bridgehead atoms. The minimum Gasteiger partial charge on any atom is -0.298 e. The second-order valence-corrected chi connectivity index (χ2v) is 3.28. The molecule has 3 heteroatoms. The lowest BCUT2D eigenvalue weighted by atomic mass is 10.0. The van der Waals surface area contributed by atoms with E-state index in [0.29, 0.717) is 23.0 Å². The van der Waals surface area contributed by atoms with Crippen molar-refractivity contribution in [2.45, 2.75) is 0 Å². The maximum absolute atomic E-state index is 12.0. The molecule has 2 aromatic rings. The van der Waals surface area contributed by atoms with Crippen LogP contribution in [0, 0.1) is 0 Å². The van der Waals surface area contributed by atoms with Gasteiger partial charge in [0.2, 0.25) is 0 Å². The monoisotopic (exact) mass is 211 g/mol. The summed E-state index contributed by atoms with van der Waals surface area (Å²) in [6.07, 6.45) is 3.54. The van der Waals surface area contributed by atoms with Crippen LogP contribution in [0.2, 0.25) is 0 Å². The summed E-state index contributed by atoms with van der Waals surface area (Å²) < 4.78 is 0. The average molecular weight is 211 g/mol. The van der Waals surface area contributed by atoms with E-state index in [4.69, 9.17) is 0 Å². The summed E-state index contributed by atoms with van der Waals surface area (Å²) in [5, 5.41) is 0. The van der Waals surface area contributed by atoms with Gasteiger partial charge in [-0.3, -0.25) is 14.6 Å². The van der Waals surface area contributed by atoms with Gasteiger partial charge in [-0.25, -0.2) is 0 Å². The Hall–Kier alpha value is -2.29. The van der Waals surface area contributed by atoms with Gasteiger partial charge in [-0.1, -0.05) is 30.3 Å². The van der Waals surface area contributed by atoms with Gasteiger partial charge in [-0.05, 0) is 6.07 Å². The van der Waals surface area contributed by atoms with E-state index in [1.807, 2.05) is 6.07 Å². The highest BCUT2D eigenvalue weighted by atomic mass is 16.1. The van der Waals surface area contributed by atoms with E-state index in [1.54, 1.807) is 30.3 Å². The zero-order valence-corrected chi connectivity index (χ0v) is 8.46. The van der Waals surface area contributed by atoms with Crippen molar-refractivity contribution in [3.05, 3.63) is 65.5 Å². The highest BCUT2D eigenvalue weighted by molar-refractivity contribution is 6.12. The molecule has 0 saturated carbocycles. The number of carbonyl (C=O) groups is 2. The molecule has 0 aliphatic rings. The van der Waals surface area contributed by atoms with E-state index in [9.17, 15) is 9.59 Å². The molecule has 0 aliphatic carbocycles. The van der Waals surface area contributed by atoms with Gasteiger partial charge in [0.1, 0.15) is 0 Å². The largest absolute Gasteiger partial charge is 0.298 e. The summed E-state index contributed by atoms with van der Waals surface area (Å²) >= 11 is 0. The third-order valence-corrected chi connectivity index (χ3v) is 2.26. The van der Waals surface area contributed by atoms with Crippen LogP contribution in [0.25, 0.3) is 0 Å². The molecule has 1 aromatic heterocycles. The molecule has 0 aliphatic heterocycles. The van der Waals surface area contributed by atoms with Gasteiger partial charge in [0, 0.05) is 29.1 Å². The molecular weight excluding hydrogens is 202 g/mol. The molecule has 2 rings (SSSR count). The Morgan fingerprint density at radius 3 is 2.56 bits per heavy atom. The van der Waals surface area contributed by atoms with Crippen LogP contribution in [0.4, 0.5) is 0 Å². The number of hydrogen-bond acceptors (Lipinski definition) is 3. The lowest BCUT2D eigenvalue weighted by molar-refractivity contribution is 0.102. The minimum atomic E-state index is -0.162. The quantitative estimate of drug-likeness (QED) is 0.577. The average Bonchev–Trinajstić information content (AvgIpc) is 2.39. The number of nitrogens with zero attached hydrogens (tertiary/aromatic N) is 1. The van der Waals surface area contributed by atoms with Crippen molar-refractivity contribution in [3.63, 3.8) is 0 Å². The summed E-state index contributed by atoms with van der Waals surface area (Å²) in [6, 6.07) is 10.4. The van der Waals surface area contributed by atoms with Crippen LogP contribution >= 0.6 is 0 Å². The summed E-state index contributed by atoms with van der Waals surface area (Å²) in [5.74, 6) is -0.162. The molecule has 0 unspecified atom stereocenters. The minimum absolute atomic E-state index is 0.162. The van der Waals surface area contributed by atoms with E-state index in [-0.39, 0.29) is 5.78 Å². The molecule has 16 heavy (non-hydrogen) atoms. The second kappa shape index (κ2) is 4.49. The molecule has 1 aromatic carbocycles. The van der Waals surface area contributed by atoms with Crippen molar-refractivity contribution in [3.8, 4) is 0 Å². The van der Waals surface area contributed by atoms with Crippen LogP contribution in [0.15, 0.2) is 48.8 Å². The van der Waals surface area contributed by atoms with Crippen molar-refractivity contribution in [1.29, 1.82) is 0 Å². The third-order valence-electron chi connectivity index (χ3n) is 2.26. The molecular formula is C13H9NO2. The van der Waals surface area contributed by atoms with Crippen molar-refractivity contribution in [2.75, 3.05) is 0 Å². The van der Waals surface area contributed by atoms with Gasteiger partial charge >= 0.3 is 0 Å². The Labute approximate surface area is 92.8 Å². The predicted molar refractivity (Wildman–Crippen MR) is 59.5 cm³/mol. The number of ketones is 1. The van der Waals surface area contributed by atoms with Gasteiger partial charge in [-0.2, -0.15) is 0 Å². The fraction of sp³-hybridized carbons (Fsp3) is 0. The van der Waals surface area contributed by atoms with Crippen molar-refractivity contribution in [1.82, 2.24) is 4.98 Å². The Balaban J connectivity index is 2.46. The number of aldehydes is 1. The first-order chi connectivity index (χ1) is 7.83.